The second-order valence-corrected chi connectivity index (χ2v) is 7.19. The molecule has 1 aliphatic heterocycles. The molecule has 4 rings (SSSR count). The highest BCUT2D eigenvalue weighted by Crippen LogP contribution is 2.45. The molecule has 2 heterocycles. The van der Waals surface area contributed by atoms with Gasteiger partial charge in [-0.3, -0.25) is 14.6 Å². The lowest BCUT2D eigenvalue weighted by Gasteiger charge is -2.28. The summed E-state index contributed by atoms with van der Waals surface area (Å²) in [6.07, 6.45) is 11.4. The topological polar surface area (TPSA) is 76.3 Å². The maximum atomic E-state index is 12.0. The summed E-state index contributed by atoms with van der Waals surface area (Å²) in [5, 5.41) is 0. The quantitative estimate of drug-likeness (QED) is 0.853. The van der Waals surface area contributed by atoms with Crippen LogP contribution in [0.25, 0.3) is 11.1 Å². The number of fused-ring (bicyclic) bond motifs is 2. The molecule has 0 atom stereocenters. The van der Waals surface area contributed by atoms with Gasteiger partial charge in [0.1, 0.15) is 5.69 Å². The summed E-state index contributed by atoms with van der Waals surface area (Å²) in [5.74, 6) is -0.514. The number of aromatic nitrogens is 1. The first kappa shape index (κ1) is 16.8. The fraction of sp³-hybridized carbons (Fsp3) is 0.381. The van der Waals surface area contributed by atoms with E-state index in [1.165, 1.54) is 30.1 Å². The van der Waals surface area contributed by atoms with Crippen LogP contribution in [0.5, 0.6) is 0 Å². The van der Waals surface area contributed by atoms with Crippen LogP contribution >= 0.6 is 0 Å². The zero-order valence-corrected chi connectivity index (χ0v) is 14.9. The van der Waals surface area contributed by atoms with E-state index in [1.54, 1.807) is 6.20 Å². The average molecular weight is 349 g/mol. The number of allylic oxidation sites excluding steroid dienone is 2. The van der Waals surface area contributed by atoms with E-state index in [2.05, 4.69) is 17.6 Å². The Kier molecular flexibility index (Phi) is 4.23. The van der Waals surface area contributed by atoms with Crippen LogP contribution in [0.4, 0.5) is 0 Å². The summed E-state index contributed by atoms with van der Waals surface area (Å²) in [4.78, 5) is 30.2. The zero-order chi connectivity index (χ0) is 18.3. The second kappa shape index (κ2) is 6.56. The molecule has 1 aromatic rings. The van der Waals surface area contributed by atoms with E-state index in [4.69, 9.17) is 5.73 Å². The summed E-state index contributed by atoms with van der Waals surface area (Å²) in [5.41, 5.74) is 13.1. The average Bonchev–Trinajstić information content (AvgIpc) is 3.06. The van der Waals surface area contributed by atoms with Crippen molar-refractivity contribution in [2.75, 3.05) is 13.1 Å². The van der Waals surface area contributed by atoms with E-state index in [-0.39, 0.29) is 5.91 Å². The van der Waals surface area contributed by atoms with Crippen molar-refractivity contribution in [1.29, 1.82) is 0 Å². The molecular formula is C21H23N3O2. The molecule has 1 aromatic heterocycles. The molecule has 0 fully saturated rings. The van der Waals surface area contributed by atoms with Crippen LogP contribution in [0.1, 0.15) is 59.3 Å². The maximum Gasteiger partial charge on any atom is 0.267 e. The van der Waals surface area contributed by atoms with Crippen molar-refractivity contribution in [3.63, 3.8) is 0 Å². The first-order valence-electron chi connectivity index (χ1n) is 9.24. The summed E-state index contributed by atoms with van der Waals surface area (Å²) in [7, 11) is 0. The summed E-state index contributed by atoms with van der Waals surface area (Å²) >= 11 is 0. The van der Waals surface area contributed by atoms with Gasteiger partial charge in [-0.1, -0.05) is 18.2 Å². The molecule has 134 valence electrons. The standard InChI is InChI=1S/C21H23N3O2/c1-2-18(25)24-9-5-7-14(12-24)17-11-23-20(21(22)26)16-10-13-6-3-4-8-15(13)19(16)17/h2,7,11H,1,3-6,8-10,12H2,(H2,22,26). The monoisotopic (exact) mass is 349 g/mol. The number of pyridine rings is 1. The third-order valence-corrected chi connectivity index (χ3v) is 5.67. The van der Waals surface area contributed by atoms with Crippen molar-refractivity contribution in [3.05, 3.63) is 52.9 Å². The van der Waals surface area contributed by atoms with Gasteiger partial charge in [-0.15, -0.1) is 0 Å². The predicted molar refractivity (Wildman–Crippen MR) is 101 cm³/mol. The molecule has 2 amide bonds. The zero-order valence-electron chi connectivity index (χ0n) is 14.9. The number of carbonyl (C=O) groups is 2. The van der Waals surface area contributed by atoms with Gasteiger partial charge >= 0.3 is 0 Å². The van der Waals surface area contributed by atoms with Crippen LogP contribution in [-0.4, -0.2) is 34.8 Å². The second-order valence-electron chi connectivity index (χ2n) is 7.19. The van der Waals surface area contributed by atoms with Crippen LogP contribution in [0.3, 0.4) is 0 Å². The van der Waals surface area contributed by atoms with E-state index in [0.29, 0.717) is 18.8 Å². The van der Waals surface area contributed by atoms with Gasteiger partial charge in [-0.05, 0) is 66.9 Å². The maximum absolute atomic E-state index is 12.0. The molecule has 2 aliphatic carbocycles. The van der Waals surface area contributed by atoms with Gasteiger partial charge in [-0.25, -0.2) is 0 Å². The molecule has 0 aromatic carbocycles. The number of hydrogen-bond donors (Lipinski definition) is 1. The Morgan fingerprint density at radius 3 is 2.85 bits per heavy atom. The molecular weight excluding hydrogens is 326 g/mol. The molecule has 0 saturated heterocycles. The van der Waals surface area contributed by atoms with Crippen molar-refractivity contribution in [2.24, 2.45) is 5.73 Å². The molecule has 0 bridgehead atoms. The molecule has 0 spiro atoms. The highest BCUT2D eigenvalue weighted by Gasteiger charge is 2.31. The van der Waals surface area contributed by atoms with Gasteiger partial charge in [0.2, 0.25) is 5.91 Å². The number of carbonyl (C=O) groups excluding carboxylic acids is 2. The Balaban J connectivity index is 1.81. The van der Waals surface area contributed by atoms with E-state index >= 15 is 0 Å². The summed E-state index contributed by atoms with van der Waals surface area (Å²) in [6.45, 7) is 4.85. The minimum absolute atomic E-state index is 0.0495. The number of nitrogens with zero attached hydrogens (tertiary/aromatic N) is 2. The van der Waals surface area contributed by atoms with Crippen molar-refractivity contribution in [1.82, 2.24) is 9.88 Å². The highest BCUT2D eigenvalue weighted by molar-refractivity contribution is 5.98. The Morgan fingerprint density at radius 1 is 1.27 bits per heavy atom. The van der Waals surface area contributed by atoms with Crippen LogP contribution < -0.4 is 5.73 Å². The fourth-order valence-corrected chi connectivity index (χ4v) is 4.46. The molecule has 0 saturated carbocycles. The van der Waals surface area contributed by atoms with E-state index in [0.717, 1.165) is 47.9 Å². The number of amides is 2. The highest BCUT2D eigenvalue weighted by atomic mass is 16.2. The molecule has 2 N–H and O–H groups in total. The molecule has 5 nitrogen and oxygen atoms in total. The van der Waals surface area contributed by atoms with Gasteiger partial charge < -0.3 is 10.6 Å². The van der Waals surface area contributed by atoms with Crippen molar-refractivity contribution in [3.8, 4) is 0 Å². The summed E-state index contributed by atoms with van der Waals surface area (Å²) in [6, 6.07) is 0. The fourth-order valence-electron chi connectivity index (χ4n) is 4.46. The van der Waals surface area contributed by atoms with E-state index in [1.807, 2.05) is 4.90 Å². The first-order valence-corrected chi connectivity index (χ1v) is 9.24. The van der Waals surface area contributed by atoms with Crippen molar-refractivity contribution < 1.29 is 9.59 Å². The van der Waals surface area contributed by atoms with Crippen LogP contribution in [0, 0.1) is 0 Å². The van der Waals surface area contributed by atoms with Crippen LogP contribution in [0.2, 0.25) is 0 Å². The lowest BCUT2D eigenvalue weighted by molar-refractivity contribution is -0.125. The Morgan fingerprint density at radius 2 is 2.08 bits per heavy atom. The Hall–Kier alpha value is -2.69. The molecule has 26 heavy (non-hydrogen) atoms. The minimum atomic E-state index is -0.464. The third-order valence-electron chi connectivity index (χ3n) is 5.67. The smallest absolute Gasteiger partial charge is 0.267 e. The Bertz CT molecular complexity index is 879. The van der Waals surface area contributed by atoms with E-state index < -0.39 is 5.91 Å². The first-order chi connectivity index (χ1) is 12.6. The Labute approximate surface area is 153 Å². The lowest BCUT2D eigenvalue weighted by atomic mass is 9.87. The van der Waals surface area contributed by atoms with Gasteiger partial charge in [0, 0.05) is 24.8 Å². The van der Waals surface area contributed by atoms with Gasteiger partial charge in [0.05, 0.1) is 0 Å². The third kappa shape index (κ3) is 2.68. The molecule has 5 heteroatoms. The van der Waals surface area contributed by atoms with Gasteiger partial charge in [0.15, 0.2) is 0 Å². The lowest BCUT2D eigenvalue weighted by Crippen LogP contribution is -2.34. The molecule has 0 radical (unpaired) electrons. The summed E-state index contributed by atoms with van der Waals surface area (Å²) < 4.78 is 0. The normalized spacial score (nSPS) is 18.9. The minimum Gasteiger partial charge on any atom is -0.364 e. The number of primary amides is 1. The number of hydrogen-bond acceptors (Lipinski definition) is 3. The number of nitrogens with two attached hydrogens (primary N) is 1. The van der Waals surface area contributed by atoms with E-state index in [9.17, 15) is 9.59 Å². The SMILES string of the molecule is C=CC(=O)N1CCC=C(c2cnc(C(N)=O)c3c2C2=C(CCCC2)C3)C1. The molecule has 3 aliphatic rings. The van der Waals surface area contributed by atoms with Crippen molar-refractivity contribution >= 4 is 23.0 Å². The largest absolute Gasteiger partial charge is 0.364 e. The van der Waals surface area contributed by atoms with Crippen LogP contribution in [0.15, 0.2) is 30.5 Å². The van der Waals surface area contributed by atoms with Gasteiger partial charge in [0.25, 0.3) is 5.91 Å². The predicted octanol–water partition coefficient (Wildman–Crippen LogP) is 2.87. The number of rotatable bonds is 3. The van der Waals surface area contributed by atoms with Crippen LogP contribution in [-0.2, 0) is 11.2 Å². The molecule has 0 unspecified atom stereocenters. The van der Waals surface area contributed by atoms with Gasteiger partial charge in [-0.2, -0.15) is 0 Å². The van der Waals surface area contributed by atoms with Crippen molar-refractivity contribution in [2.45, 2.75) is 38.5 Å².